The fourth-order valence-corrected chi connectivity index (χ4v) is 1.31. The highest BCUT2D eigenvalue weighted by Crippen LogP contribution is 1.99. The number of carbonyl (C=O) groups is 3. The monoisotopic (exact) mass is 276 g/mol. The van der Waals surface area contributed by atoms with Gasteiger partial charge in [0.25, 0.3) is 0 Å². The van der Waals surface area contributed by atoms with Gasteiger partial charge >= 0.3 is 11.9 Å². The first kappa shape index (κ1) is 17.3. The second-order valence-corrected chi connectivity index (χ2v) is 3.92. The minimum absolute atomic E-state index is 0.365. The molecule has 2 atom stereocenters. The predicted octanol–water partition coefficient (Wildman–Crippen LogP) is -1.13. The molecule has 0 bridgehead atoms. The number of amides is 1. The zero-order valence-corrected chi connectivity index (χ0v) is 11.0. The highest BCUT2D eigenvalue weighted by molar-refractivity contribution is 5.89. The summed E-state index contributed by atoms with van der Waals surface area (Å²) in [6.45, 7) is 0.464. The van der Waals surface area contributed by atoms with Gasteiger partial charge in [-0.15, -0.1) is 0 Å². The highest BCUT2D eigenvalue weighted by Gasteiger charge is 2.25. The zero-order valence-electron chi connectivity index (χ0n) is 11.0. The van der Waals surface area contributed by atoms with Crippen LogP contribution in [0.5, 0.6) is 0 Å². The summed E-state index contributed by atoms with van der Waals surface area (Å²) in [4.78, 5) is 33.5. The number of aliphatic carboxylic acids is 1. The molecule has 0 aliphatic heterocycles. The summed E-state index contributed by atoms with van der Waals surface area (Å²) in [5, 5.41) is 11.1. The van der Waals surface area contributed by atoms with Gasteiger partial charge in [-0.25, -0.2) is 4.79 Å². The molecule has 0 aliphatic rings. The van der Waals surface area contributed by atoms with E-state index in [0.29, 0.717) is 19.4 Å². The van der Waals surface area contributed by atoms with E-state index in [9.17, 15) is 14.4 Å². The maximum absolute atomic E-state index is 11.6. The van der Waals surface area contributed by atoms with E-state index in [0.717, 1.165) is 7.11 Å². The van der Waals surface area contributed by atoms with Crippen molar-refractivity contribution in [2.45, 2.75) is 31.3 Å². The van der Waals surface area contributed by atoms with Gasteiger partial charge < -0.3 is 25.6 Å². The number of ether oxygens (including phenoxy) is 2. The first-order valence-corrected chi connectivity index (χ1v) is 5.76. The third-order valence-corrected chi connectivity index (χ3v) is 2.41. The number of esters is 1. The normalized spacial score (nSPS) is 13.4. The number of hydrogen-bond donors (Lipinski definition) is 3. The first-order valence-electron chi connectivity index (χ1n) is 5.76. The number of nitrogens with one attached hydrogen (secondary N) is 1. The molecule has 1 unspecified atom stereocenters. The van der Waals surface area contributed by atoms with Crippen molar-refractivity contribution in [2.24, 2.45) is 5.73 Å². The van der Waals surface area contributed by atoms with Gasteiger partial charge in [0.1, 0.15) is 6.04 Å². The molecule has 4 N–H and O–H groups in total. The van der Waals surface area contributed by atoms with Crippen molar-refractivity contribution in [1.29, 1.82) is 0 Å². The van der Waals surface area contributed by atoms with Gasteiger partial charge in [0.2, 0.25) is 5.91 Å². The van der Waals surface area contributed by atoms with Crippen molar-refractivity contribution < 1.29 is 29.0 Å². The zero-order chi connectivity index (χ0) is 14.8. The van der Waals surface area contributed by atoms with E-state index in [1.165, 1.54) is 7.11 Å². The lowest BCUT2D eigenvalue weighted by molar-refractivity contribution is -0.148. The molecule has 0 saturated carbocycles. The fourth-order valence-electron chi connectivity index (χ4n) is 1.31. The van der Waals surface area contributed by atoms with E-state index < -0.39 is 36.4 Å². The molecular formula is C11H20N2O6. The van der Waals surface area contributed by atoms with Crippen molar-refractivity contribution in [3.8, 4) is 0 Å². The number of carboxylic acid groups (broad SMARTS) is 1. The number of rotatable bonds is 9. The Morgan fingerprint density at radius 3 is 2.42 bits per heavy atom. The Morgan fingerprint density at radius 1 is 1.32 bits per heavy atom. The van der Waals surface area contributed by atoms with Gasteiger partial charge in [0.15, 0.2) is 0 Å². The second-order valence-electron chi connectivity index (χ2n) is 3.92. The van der Waals surface area contributed by atoms with Gasteiger partial charge in [-0.2, -0.15) is 0 Å². The van der Waals surface area contributed by atoms with Gasteiger partial charge in [0, 0.05) is 13.7 Å². The predicted molar refractivity (Wildman–Crippen MR) is 65.3 cm³/mol. The molecule has 0 saturated heterocycles. The van der Waals surface area contributed by atoms with Crippen LogP contribution < -0.4 is 11.1 Å². The number of carbonyl (C=O) groups excluding carboxylic acids is 2. The highest BCUT2D eigenvalue weighted by atomic mass is 16.5. The van der Waals surface area contributed by atoms with Crippen LogP contribution >= 0.6 is 0 Å². The average molecular weight is 276 g/mol. The van der Waals surface area contributed by atoms with Crippen LogP contribution in [-0.2, 0) is 23.9 Å². The fraction of sp³-hybridized carbons (Fsp3) is 0.727. The maximum Gasteiger partial charge on any atom is 0.326 e. The van der Waals surface area contributed by atoms with Gasteiger partial charge in [-0.3, -0.25) is 9.59 Å². The average Bonchev–Trinajstić information content (AvgIpc) is 2.37. The topological polar surface area (TPSA) is 128 Å². The molecule has 1 amide bonds. The van der Waals surface area contributed by atoms with E-state index >= 15 is 0 Å². The molecule has 8 nitrogen and oxygen atoms in total. The summed E-state index contributed by atoms with van der Waals surface area (Å²) in [6, 6.07) is -2.18. The molecule has 0 spiro atoms. The number of carboxylic acids is 1. The molecule has 0 aromatic heterocycles. The van der Waals surface area contributed by atoms with Crippen LogP contribution in [0.2, 0.25) is 0 Å². The molecule has 0 heterocycles. The van der Waals surface area contributed by atoms with Crippen LogP contribution in [0.1, 0.15) is 19.3 Å². The third kappa shape index (κ3) is 7.37. The molecule has 0 aromatic carbocycles. The largest absolute Gasteiger partial charge is 0.480 e. The smallest absolute Gasteiger partial charge is 0.326 e. The first-order chi connectivity index (χ1) is 8.92. The van der Waals surface area contributed by atoms with Crippen LogP contribution in [-0.4, -0.2) is 55.9 Å². The molecule has 0 rings (SSSR count). The van der Waals surface area contributed by atoms with E-state index in [2.05, 4.69) is 10.1 Å². The van der Waals surface area contributed by atoms with E-state index in [1.54, 1.807) is 0 Å². The van der Waals surface area contributed by atoms with Gasteiger partial charge in [-0.05, 0) is 12.8 Å². The molecule has 0 aliphatic carbocycles. The Morgan fingerprint density at radius 2 is 1.95 bits per heavy atom. The molecule has 0 fully saturated rings. The quantitative estimate of drug-likeness (QED) is 0.359. The molecule has 0 radical (unpaired) electrons. The van der Waals surface area contributed by atoms with Gasteiger partial charge in [0.05, 0.1) is 19.6 Å². The maximum atomic E-state index is 11.6. The summed E-state index contributed by atoms with van der Waals surface area (Å²) in [5.74, 6) is -2.66. The Balaban J connectivity index is 4.30. The molecule has 110 valence electrons. The Labute approximate surface area is 111 Å². The number of hydrogen-bond acceptors (Lipinski definition) is 6. The standard InChI is InChI=1S/C11H20N2O6/c1-18-5-3-4-7(12)10(15)13-8(11(16)17)6-9(14)19-2/h7-8H,3-6,12H2,1-2H3,(H,13,15)(H,16,17)/t7?,8-/m0/s1. The van der Waals surface area contributed by atoms with Crippen LogP contribution in [0.25, 0.3) is 0 Å². The number of nitrogens with two attached hydrogens (primary N) is 1. The van der Waals surface area contributed by atoms with Crippen LogP contribution in [0, 0.1) is 0 Å². The summed E-state index contributed by atoms with van der Waals surface area (Å²) in [6.07, 6.45) is 0.506. The Bertz CT molecular complexity index is 320. The Hall–Kier alpha value is -1.67. The van der Waals surface area contributed by atoms with Crippen molar-refractivity contribution in [1.82, 2.24) is 5.32 Å². The lowest BCUT2D eigenvalue weighted by Crippen LogP contribution is -2.49. The minimum atomic E-state index is -1.34. The minimum Gasteiger partial charge on any atom is -0.480 e. The second kappa shape index (κ2) is 9.29. The van der Waals surface area contributed by atoms with Crippen LogP contribution in [0.3, 0.4) is 0 Å². The van der Waals surface area contributed by atoms with Crippen molar-refractivity contribution >= 4 is 17.8 Å². The summed E-state index contributed by atoms with van der Waals surface area (Å²) >= 11 is 0. The summed E-state index contributed by atoms with van der Waals surface area (Å²) in [7, 11) is 2.67. The van der Waals surface area contributed by atoms with E-state index in [4.69, 9.17) is 15.6 Å². The van der Waals surface area contributed by atoms with E-state index in [-0.39, 0.29) is 0 Å². The van der Waals surface area contributed by atoms with Crippen molar-refractivity contribution in [3.63, 3.8) is 0 Å². The summed E-state index contributed by atoms with van der Waals surface area (Å²) in [5.41, 5.74) is 5.59. The molecule has 8 heteroatoms. The van der Waals surface area contributed by atoms with Crippen molar-refractivity contribution in [2.75, 3.05) is 20.8 Å². The molecular weight excluding hydrogens is 256 g/mol. The lowest BCUT2D eigenvalue weighted by Gasteiger charge is -2.16. The lowest BCUT2D eigenvalue weighted by atomic mass is 10.1. The van der Waals surface area contributed by atoms with Crippen LogP contribution in [0.4, 0.5) is 0 Å². The number of methoxy groups -OCH3 is 2. The SMILES string of the molecule is COCCCC(N)C(=O)N[C@@H](CC(=O)OC)C(=O)O. The van der Waals surface area contributed by atoms with Crippen LogP contribution in [0.15, 0.2) is 0 Å². The Kier molecular flexibility index (Phi) is 8.47. The van der Waals surface area contributed by atoms with Gasteiger partial charge in [-0.1, -0.05) is 0 Å². The molecule has 19 heavy (non-hydrogen) atoms. The molecule has 0 aromatic rings. The summed E-state index contributed by atoms with van der Waals surface area (Å²) < 4.78 is 9.17. The van der Waals surface area contributed by atoms with Crippen molar-refractivity contribution in [3.05, 3.63) is 0 Å². The third-order valence-electron chi connectivity index (χ3n) is 2.41. The van der Waals surface area contributed by atoms with E-state index in [1.807, 2.05) is 0 Å².